The third kappa shape index (κ3) is 5.69. The van der Waals surface area contributed by atoms with Gasteiger partial charge in [-0.1, -0.05) is 19.3 Å². The number of hydrogen-bond acceptors (Lipinski definition) is 4. The van der Waals surface area contributed by atoms with Gasteiger partial charge in [0.25, 0.3) is 0 Å². The summed E-state index contributed by atoms with van der Waals surface area (Å²) >= 11 is 0. The summed E-state index contributed by atoms with van der Waals surface area (Å²) in [6.07, 6.45) is 5.56. The molecule has 5 nitrogen and oxygen atoms in total. The molecule has 0 heterocycles. The van der Waals surface area contributed by atoms with Crippen LogP contribution in [0.25, 0.3) is 0 Å². The summed E-state index contributed by atoms with van der Waals surface area (Å²) < 4.78 is 0. The highest BCUT2D eigenvalue weighted by Crippen LogP contribution is 2.22. The molecule has 1 rings (SSSR count). The topological polar surface area (TPSA) is 75.4 Å². The summed E-state index contributed by atoms with van der Waals surface area (Å²) in [5.41, 5.74) is 0. The van der Waals surface area contributed by atoms with Crippen molar-refractivity contribution in [3.05, 3.63) is 10.1 Å². The number of hydrogen-bond donors (Lipinski definition) is 2. The van der Waals surface area contributed by atoms with Gasteiger partial charge < -0.3 is 10.4 Å². The summed E-state index contributed by atoms with van der Waals surface area (Å²) in [5, 5.41) is 22.4. The van der Waals surface area contributed by atoms with Gasteiger partial charge in [-0.3, -0.25) is 10.1 Å². The van der Waals surface area contributed by atoms with E-state index in [0.717, 1.165) is 6.54 Å². The molecule has 15 heavy (non-hydrogen) atoms. The monoisotopic (exact) mass is 216 g/mol. The van der Waals surface area contributed by atoms with Crippen molar-refractivity contribution in [2.24, 2.45) is 5.92 Å². The molecular formula is C10H20N2O3. The van der Waals surface area contributed by atoms with Crippen LogP contribution in [0.1, 0.15) is 32.1 Å². The Kier molecular flexibility index (Phi) is 5.57. The third-order valence-electron chi connectivity index (χ3n) is 2.90. The lowest BCUT2D eigenvalue weighted by molar-refractivity contribution is -0.489. The second-order valence-electron chi connectivity index (χ2n) is 4.33. The van der Waals surface area contributed by atoms with Crippen LogP contribution < -0.4 is 5.32 Å². The zero-order chi connectivity index (χ0) is 11.1. The van der Waals surface area contributed by atoms with Crippen molar-refractivity contribution < 1.29 is 10.0 Å². The first-order chi connectivity index (χ1) is 7.18. The molecule has 0 unspecified atom stereocenters. The lowest BCUT2D eigenvalue weighted by atomic mass is 9.89. The third-order valence-corrected chi connectivity index (χ3v) is 2.90. The van der Waals surface area contributed by atoms with E-state index in [4.69, 9.17) is 0 Å². The van der Waals surface area contributed by atoms with Gasteiger partial charge in [-0.25, -0.2) is 0 Å². The first kappa shape index (κ1) is 12.4. The minimum absolute atomic E-state index is 0.331. The summed E-state index contributed by atoms with van der Waals surface area (Å²) in [4.78, 5) is 9.61. The molecule has 2 N–H and O–H groups in total. The molecule has 0 spiro atoms. The van der Waals surface area contributed by atoms with Crippen LogP contribution in [0.4, 0.5) is 0 Å². The molecule has 0 amide bonds. The predicted octanol–water partition coefficient (Wildman–Crippen LogP) is 0.794. The second kappa shape index (κ2) is 6.74. The van der Waals surface area contributed by atoms with Crippen LogP contribution in [0.2, 0.25) is 0 Å². The van der Waals surface area contributed by atoms with Crippen LogP contribution >= 0.6 is 0 Å². The molecule has 0 aromatic carbocycles. The van der Waals surface area contributed by atoms with Crippen molar-refractivity contribution in [1.82, 2.24) is 5.32 Å². The van der Waals surface area contributed by atoms with Crippen LogP contribution in [0, 0.1) is 16.0 Å². The molecule has 1 aliphatic rings. The number of rotatable bonds is 6. The van der Waals surface area contributed by atoms with Gasteiger partial charge in [0.1, 0.15) is 6.10 Å². The van der Waals surface area contributed by atoms with E-state index in [0.29, 0.717) is 12.5 Å². The molecule has 0 aromatic heterocycles. The SMILES string of the molecule is O=[N+]([O-])C[C@@H](O)CNCC1CCCCC1. The van der Waals surface area contributed by atoms with E-state index in [1.165, 1.54) is 32.1 Å². The fourth-order valence-corrected chi connectivity index (χ4v) is 2.08. The first-order valence-electron chi connectivity index (χ1n) is 5.69. The Morgan fingerprint density at radius 1 is 1.40 bits per heavy atom. The Morgan fingerprint density at radius 2 is 2.07 bits per heavy atom. The summed E-state index contributed by atoms with van der Waals surface area (Å²) in [5.74, 6) is 0.696. The number of nitrogens with zero attached hydrogens (tertiary/aromatic N) is 1. The molecule has 0 saturated heterocycles. The minimum Gasteiger partial charge on any atom is -0.385 e. The largest absolute Gasteiger partial charge is 0.385 e. The average molecular weight is 216 g/mol. The molecule has 0 aliphatic heterocycles. The van der Waals surface area contributed by atoms with Crippen LogP contribution in [-0.2, 0) is 0 Å². The van der Waals surface area contributed by atoms with Gasteiger partial charge in [-0.15, -0.1) is 0 Å². The maximum absolute atomic E-state index is 10.1. The van der Waals surface area contributed by atoms with Crippen molar-refractivity contribution in [3.8, 4) is 0 Å². The maximum Gasteiger partial charge on any atom is 0.230 e. The van der Waals surface area contributed by atoms with Gasteiger partial charge in [-0.05, 0) is 25.3 Å². The quantitative estimate of drug-likeness (QED) is 0.508. The lowest BCUT2D eigenvalue weighted by Crippen LogP contribution is -2.35. The Morgan fingerprint density at radius 3 is 2.67 bits per heavy atom. The normalized spacial score (nSPS) is 20.1. The Hall–Kier alpha value is -0.680. The van der Waals surface area contributed by atoms with E-state index in [-0.39, 0.29) is 6.54 Å². The number of aliphatic hydroxyl groups excluding tert-OH is 1. The Bertz CT molecular complexity index is 193. The smallest absolute Gasteiger partial charge is 0.230 e. The van der Waals surface area contributed by atoms with Crippen molar-refractivity contribution in [2.75, 3.05) is 19.6 Å². The Labute approximate surface area is 90.0 Å². The van der Waals surface area contributed by atoms with Crippen molar-refractivity contribution in [3.63, 3.8) is 0 Å². The van der Waals surface area contributed by atoms with Gasteiger partial charge >= 0.3 is 0 Å². The summed E-state index contributed by atoms with van der Waals surface area (Å²) in [6.45, 7) is 0.851. The molecule has 88 valence electrons. The van der Waals surface area contributed by atoms with E-state index in [1.807, 2.05) is 0 Å². The zero-order valence-corrected chi connectivity index (χ0v) is 9.02. The molecule has 0 radical (unpaired) electrons. The van der Waals surface area contributed by atoms with E-state index < -0.39 is 11.0 Å². The van der Waals surface area contributed by atoms with Gasteiger partial charge in [0.2, 0.25) is 6.54 Å². The van der Waals surface area contributed by atoms with Crippen LogP contribution in [0.15, 0.2) is 0 Å². The molecule has 0 aromatic rings. The number of nitrogens with one attached hydrogen (secondary N) is 1. The summed E-state index contributed by atoms with van der Waals surface area (Å²) in [6, 6.07) is 0. The maximum atomic E-state index is 10.1. The van der Waals surface area contributed by atoms with Crippen LogP contribution in [0.3, 0.4) is 0 Å². The van der Waals surface area contributed by atoms with Crippen molar-refractivity contribution in [1.29, 1.82) is 0 Å². The molecule has 1 aliphatic carbocycles. The minimum atomic E-state index is -0.858. The van der Waals surface area contributed by atoms with Gasteiger partial charge in [0.15, 0.2) is 0 Å². The predicted molar refractivity (Wildman–Crippen MR) is 57.3 cm³/mol. The van der Waals surface area contributed by atoms with E-state index in [2.05, 4.69) is 5.32 Å². The van der Waals surface area contributed by atoms with Crippen molar-refractivity contribution >= 4 is 0 Å². The molecule has 0 bridgehead atoms. The molecule has 1 saturated carbocycles. The van der Waals surface area contributed by atoms with Crippen LogP contribution in [0.5, 0.6) is 0 Å². The van der Waals surface area contributed by atoms with E-state index in [1.54, 1.807) is 0 Å². The molecular weight excluding hydrogens is 196 g/mol. The van der Waals surface area contributed by atoms with Crippen molar-refractivity contribution in [2.45, 2.75) is 38.2 Å². The second-order valence-corrected chi connectivity index (χ2v) is 4.33. The fraction of sp³-hybridized carbons (Fsp3) is 1.00. The molecule has 5 heteroatoms. The van der Waals surface area contributed by atoms with E-state index >= 15 is 0 Å². The standard InChI is InChI=1S/C10H20N2O3/c13-10(8-12(14)15)7-11-6-9-4-2-1-3-5-9/h9-11,13H,1-8H2/t10-/m0/s1. The number of aliphatic hydroxyl groups is 1. The molecule has 1 fully saturated rings. The highest BCUT2D eigenvalue weighted by atomic mass is 16.6. The van der Waals surface area contributed by atoms with Gasteiger partial charge in [0.05, 0.1) is 0 Å². The highest BCUT2D eigenvalue weighted by molar-refractivity contribution is 4.69. The zero-order valence-electron chi connectivity index (χ0n) is 9.02. The summed E-state index contributed by atoms with van der Waals surface area (Å²) in [7, 11) is 0. The number of nitro groups is 1. The highest BCUT2D eigenvalue weighted by Gasteiger charge is 2.15. The average Bonchev–Trinajstić information content (AvgIpc) is 2.18. The Balaban J connectivity index is 2.02. The van der Waals surface area contributed by atoms with Gasteiger partial charge in [-0.2, -0.15) is 0 Å². The van der Waals surface area contributed by atoms with Gasteiger partial charge in [0, 0.05) is 11.5 Å². The van der Waals surface area contributed by atoms with Crippen LogP contribution in [-0.4, -0.2) is 35.8 Å². The first-order valence-corrected chi connectivity index (χ1v) is 5.69. The molecule has 1 atom stereocenters. The fourth-order valence-electron chi connectivity index (χ4n) is 2.08. The lowest BCUT2D eigenvalue weighted by Gasteiger charge is -2.22. The van der Waals surface area contributed by atoms with E-state index in [9.17, 15) is 15.2 Å².